The average molecular weight is 248 g/mol. The van der Waals surface area contributed by atoms with Crippen molar-refractivity contribution < 1.29 is 9.90 Å². The number of halogens is 1. The van der Waals surface area contributed by atoms with Gasteiger partial charge in [-0.1, -0.05) is 23.7 Å². The summed E-state index contributed by atoms with van der Waals surface area (Å²) < 4.78 is 0. The van der Waals surface area contributed by atoms with Crippen molar-refractivity contribution in [1.29, 1.82) is 0 Å². The number of carbonyl (C=O) groups is 1. The Hall–Kier alpha value is -1.87. The number of nitrogens with zero attached hydrogens (tertiary/aromatic N) is 1. The van der Waals surface area contributed by atoms with E-state index in [9.17, 15) is 4.79 Å². The molecule has 0 unspecified atom stereocenters. The van der Waals surface area contributed by atoms with Crippen LogP contribution in [0.25, 0.3) is 11.1 Å². The standard InChI is InChI=1S/C13H10ClNO2/c1-8-6-10(7-12(15-8)13(16)17)9-2-4-11(14)5-3-9/h2-7H,1H3,(H,16,17). The van der Waals surface area contributed by atoms with E-state index in [4.69, 9.17) is 16.7 Å². The first-order valence-corrected chi connectivity index (χ1v) is 5.42. The highest BCUT2D eigenvalue weighted by molar-refractivity contribution is 6.30. The summed E-state index contributed by atoms with van der Waals surface area (Å²) in [6, 6.07) is 10.6. The minimum absolute atomic E-state index is 0.0509. The van der Waals surface area contributed by atoms with Crippen LogP contribution >= 0.6 is 11.6 Å². The Morgan fingerprint density at radius 1 is 1.18 bits per heavy atom. The zero-order valence-corrected chi connectivity index (χ0v) is 9.90. The molecular weight excluding hydrogens is 238 g/mol. The summed E-state index contributed by atoms with van der Waals surface area (Å²) >= 11 is 5.81. The second-order valence-electron chi connectivity index (χ2n) is 3.69. The summed E-state index contributed by atoms with van der Waals surface area (Å²) in [6.45, 7) is 1.77. The molecule has 0 aliphatic carbocycles. The topological polar surface area (TPSA) is 50.2 Å². The second-order valence-corrected chi connectivity index (χ2v) is 4.13. The number of aromatic nitrogens is 1. The maximum atomic E-state index is 10.9. The normalized spacial score (nSPS) is 10.2. The summed E-state index contributed by atoms with van der Waals surface area (Å²) in [5.74, 6) is -1.02. The third-order valence-corrected chi connectivity index (χ3v) is 2.60. The Morgan fingerprint density at radius 3 is 2.41 bits per heavy atom. The second kappa shape index (κ2) is 4.55. The van der Waals surface area contributed by atoms with Crippen molar-refractivity contribution in [3.8, 4) is 11.1 Å². The molecule has 1 aromatic heterocycles. The average Bonchev–Trinajstić information content (AvgIpc) is 2.29. The fourth-order valence-electron chi connectivity index (χ4n) is 1.59. The fraction of sp³-hybridized carbons (Fsp3) is 0.0769. The van der Waals surface area contributed by atoms with Crippen molar-refractivity contribution in [2.45, 2.75) is 6.92 Å². The molecule has 2 rings (SSSR count). The predicted molar refractivity (Wildman–Crippen MR) is 66.4 cm³/mol. The summed E-state index contributed by atoms with van der Waals surface area (Å²) in [5, 5.41) is 9.59. The Labute approximate surface area is 104 Å². The molecule has 2 aromatic rings. The lowest BCUT2D eigenvalue weighted by Gasteiger charge is -2.04. The van der Waals surface area contributed by atoms with E-state index in [1.165, 1.54) is 0 Å². The van der Waals surface area contributed by atoms with Crippen LogP contribution in [0.4, 0.5) is 0 Å². The molecule has 0 atom stereocenters. The third kappa shape index (κ3) is 2.63. The largest absolute Gasteiger partial charge is 0.477 e. The number of benzene rings is 1. The molecule has 0 saturated carbocycles. The van der Waals surface area contributed by atoms with Gasteiger partial charge in [0.2, 0.25) is 0 Å². The van der Waals surface area contributed by atoms with E-state index in [2.05, 4.69) is 4.98 Å². The van der Waals surface area contributed by atoms with Gasteiger partial charge in [-0.15, -0.1) is 0 Å². The molecule has 3 nitrogen and oxygen atoms in total. The third-order valence-electron chi connectivity index (χ3n) is 2.35. The molecule has 1 aromatic carbocycles. The minimum atomic E-state index is -1.02. The van der Waals surface area contributed by atoms with Gasteiger partial charge in [-0.05, 0) is 42.3 Å². The van der Waals surface area contributed by atoms with Crippen molar-refractivity contribution in [2.24, 2.45) is 0 Å². The summed E-state index contributed by atoms with van der Waals surface area (Å²) in [5.41, 5.74) is 2.47. The first kappa shape index (κ1) is 11.6. The molecule has 0 bridgehead atoms. The van der Waals surface area contributed by atoms with Gasteiger partial charge in [-0.2, -0.15) is 0 Å². The van der Waals surface area contributed by atoms with Crippen molar-refractivity contribution >= 4 is 17.6 Å². The van der Waals surface area contributed by atoms with E-state index < -0.39 is 5.97 Å². The lowest BCUT2D eigenvalue weighted by molar-refractivity contribution is 0.0690. The van der Waals surface area contributed by atoms with Crippen LogP contribution in [-0.4, -0.2) is 16.1 Å². The SMILES string of the molecule is Cc1cc(-c2ccc(Cl)cc2)cc(C(=O)O)n1. The molecule has 0 fully saturated rings. The van der Waals surface area contributed by atoms with Crippen molar-refractivity contribution in [2.75, 3.05) is 0 Å². The van der Waals surface area contributed by atoms with Gasteiger partial charge in [0.15, 0.2) is 0 Å². The molecule has 4 heteroatoms. The molecule has 1 N–H and O–H groups in total. The summed E-state index contributed by atoms with van der Waals surface area (Å²) in [4.78, 5) is 14.9. The highest BCUT2D eigenvalue weighted by Gasteiger charge is 2.08. The number of carboxylic acids is 1. The lowest BCUT2D eigenvalue weighted by atomic mass is 10.1. The Morgan fingerprint density at radius 2 is 1.82 bits per heavy atom. The quantitative estimate of drug-likeness (QED) is 0.885. The van der Waals surface area contributed by atoms with Gasteiger partial charge in [0.05, 0.1) is 0 Å². The van der Waals surface area contributed by atoms with Crippen LogP contribution in [0.5, 0.6) is 0 Å². The molecule has 0 amide bonds. The molecule has 0 saturated heterocycles. The minimum Gasteiger partial charge on any atom is -0.477 e. The smallest absolute Gasteiger partial charge is 0.354 e. The maximum Gasteiger partial charge on any atom is 0.354 e. The van der Waals surface area contributed by atoms with Gasteiger partial charge in [0, 0.05) is 10.7 Å². The Balaban J connectivity index is 2.51. The van der Waals surface area contributed by atoms with Crippen LogP contribution < -0.4 is 0 Å². The number of carboxylic acid groups (broad SMARTS) is 1. The fourth-order valence-corrected chi connectivity index (χ4v) is 1.71. The van der Waals surface area contributed by atoms with Crippen LogP contribution in [-0.2, 0) is 0 Å². The van der Waals surface area contributed by atoms with E-state index in [0.717, 1.165) is 11.1 Å². The maximum absolute atomic E-state index is 10.9. The number of rotatable bonds is 2. The lowest BCUT2D eigenvalue weighted by Crippen LogP contribution is -2.01. The van der Waals surface area contributed by atoms with E-state index in [0.29, 0.717) is 10.7 Å². The summed E-state index contributed by atoms with van der Waals surface area (Å²) in [7, 11) is 0. The Bertz CT molecular complexity index is 564. The van der Waals surface area contributed by atoms with Crippen LogP contribution in [0.1, 0.15) is 16.2 Å². The van der Waals surface area contributed by atoms with Crippen LogP contribution in [0.2, 0.25) is 5.02 Å². The predicted octanol–water partition coefficient (Wildman–Crippen LogP) is 3.41. The number of aromatic carboxylic acids is 1. The van der Waals surface area contributed by atoms with Gasteiger partial charge in [-0.3, -0.25) is 0 Å². The molecule has 0 aliphatic rings. The molecule has 0 spiro atoms. The van der Waals surface area contributed by atoms with E-state index in [1.54, 1.807) is 25.1 Å². The Kier molecular flexibility index (Phi) is 3.11. The van der Waals surface area contributed by atoms with Crippen LogP contribution in [0.15, 0.2) is 36.4 Å². The van der Waals surface area contributed by atoms with Crippen LogP contribution in [0, 0.1) is 6.92 Å². The van der Waals surface area contributed by atoms with Gasteiger partial charge in [0.25, 0.3) is 0 Å². The zero-order chi connectivity index (χ0) is 12.4. The van der Waals surface area contributed by atoms with E-state index in [1.807, 2.05) is 18.2 Å². The highest BCUT2D eigenvalue weighted by Crippen LogP contribution is 2.22. The first-order valence-electron chi connectivity index (χ1n) is 5.04. The molecule has 0 aliphatic heterocycles. The van der Waals surface area contributed by atoms with E-state index >= 15 is 0 Å². The van der Waals surface area contributed by atoms with Gasteiger partial charge >= 0.3 is 5.97 Å². The number of hydrogen-bond donors (Lipinski definition) is 1. The van der Waals surface area contributed by atoms with Crippen LogP contribution in [0.3, 0.4) is 0 Å². The molecule has 17 heavy (non-hydrogen) atoms. The molecule has 1 heterocycles. The van der Waals surface area contributed by atoms with Gasteiger partial charge < -0.3 is 5.11 Å². The van der Waals surface area contributed by atoms with Crippen molar-refractivity contribution in [3.63, 3.8) is 0 Å². The highest BCUT2D eigenvalue weighted by atomic mass is 35.5. The first-order chi connectivity index (χ1) is 8.06. The molecular formula is C13H10ClNO2. The van der Waals surface area contributed by atoms with Gasteiger partial charge in [0.1, 0.15) is 5.69 Å². The van der Waals surface area contributed by atoms with Crippen molar-refractivity contribution in [1.82, 2.24) is 4.98 Å². The van der Waals surface area contributed by atoms with Gasteiger partial charge in [-0.25, -0.2) is 9.78 Å². The number of aryl methyl sites for hydroxylation is 1. The summed E-state index contributed by atoms with van der Waals surface area (Å²) in [6.07, 6.45) is 0. The molecule has 0 radical (unpaired) electrons. The zero-order valence-electron chi connectivity index (χ0n) is 9.14. The van der Waals surface area contributed by atoms with Crippen molar-refractivity contribution in [3.05, 3.63) is 52.8 Å². The van der Waals surface area contributed by atoms with E-state index in [-0.39, 0.29) is 5.69 Å². The number of pyridine rings is 1. The molecule has 86 valence electrons. The number of hydrogen-bond acceptors (Lipinski definition) is 2. The monoisotopic (exact) mass is 247 g/mol.